The second-order valence-corrected chi connectivity index (χ2v) is 4.51. The van der Waals surface area contributed by atoms with Crippen molar-refractivity contribution in [3.05, 3.63) is 0 Å². The SMILES string of the molecule is COC(N)=O.O=C(O)CC1CCOC2(CC2)C1. The number of aliphatic carboxylic acids is 1. The molecule has 1 amide bonds. The zero-order valence-electron chi connectivity index (χ0n) is 9.98. The van der Waals surface area contributed by atoms with Gasteiger partial charge in [0.05, 0.1) is 12.7 Å². The number of ether oxygens (including phenoxy) is 2. The van der Waals surface area contributed by atoms with Gasteiger partial charge in [-0.15, -0.1) is 0 Å². The summed E-state index contributed by atoms with van der Waals surface area (Å²) in [5, 5.41) is 8.62. The summed E-state index contributed by atoms with van der Waals surface area (Å²) in [4.78, 5) is 19.8. The third-order valence-corrected chi connectivity index (χ3v) is 3.07. The van der Waals surface area contributed by atoms with Crippen molar-refractivity contribution in [1.82, 2.24) is 0 Å². The van der Waals surface area contributed by atoms with E-state index in [-0.39, 0.29) is 5.60 Å². The summed E-state index contributed by atoms with van der Waals surface area (Å²) in [7, 11) is 1.22. The van der Waals surface area contributed by atoms with Crippen LogP contribution in [0.3, 0.4) is 0 Å². The lowest BCUT2D eigenvalue weighted by Gasteiger charge is -2.28. The topological polar surface area (TPSA) is 98.9 Å². The molecule has 0 aromatic heterocycles. The fraction of sp³-hybridized carbons (Fsp3) is 0.818. The standard InChI is InChI=1S/C9H14O3.C2H5NO2/c10-8(11)5-7-1-4-12-9(6-7)2-3-9;1-5-2(3)4/h7H,1-6H2,(H,10,11);1H3,(H2,3,4). The number of hydrogen-bond acceptors (Lipinski definition) is 4. The van der Waals surface area contributed by atoms with Crippen LogP contribution in [0.5, 0.6) is 0 Å². The highest BCUT2D eigenvalue weighted by Gasteiger charge is 2.47. The first-order valence-electron chi connectivity index (χ1n) is 5.66. The molecule has 6 nitrogen and oxygen atoms in total. The van der Waals surface area contributed by atoms with Crippen molar-refractivity contribution in [3.8, 4) is 0 Å². The Balaban J connectivity index is 0.000000249. The highest BCUT2D eigenvalue weighted by Crippen LogP contribution is 2.48. The van der Waals surface area contributed by atoms with Gasteiger partial charge in [-0.05, 0) is 31.6 Å². The first kappa shape index (κ1) is 13.8. The van der Waals surface area contributed by atoms with E-state index in [2.05, 4.69) is 10.5 Å². The number of rotatable bonds is 2. The number of carbonyl (C=O) groups is 2. The summed E-state index contributed by atoms with van der Waals surface area (Å²) >= 11 is 0. The zero-order valence-corrected chi connectivity index (χ0v) is 9.98. The minimum absolute atomic E-state index is 0.123. The predicted octanol–water partition coefficient (Wildman–Crippen LogP) is 1.13. The molecule has 2 rings (SSSR count). The van der Waals surface area contributed by atoms with E-state index < -0.39 is 12.1 Å². The number of hydrogen-bond donors (Lipinski definition) is 2. The van der Waals surface area contributed by atoms with Crippen molar-refractivity contribution < 1.29 is 24.2 Å². The van der Waals surface area contributed by atoms with E-state index in [1.165, 1.54) is 7.11 Å². The molecule has 1 aliphatic carbocycles. The molecule has 2 fully saturated rings. The van der Waals surface area contributed by atoms with E-state index in [0.717, 1.165) is 32.3 Å². The lowest BCUT2D eigenvalue weighted by atomic mass is 9.91. The van der Waals surface area contributed by atoms with Crippen LogP contribution in [-0.2, 0) is 14.3 Å². The summed E-state index contributed by atoms with van der Waals surface area (Å²) in [6.07, 6.45) is 3.76. The summed E-state index contributed by atoms with van der Waals surface area (Å²) in [5.41, 5.74) is 4.55. The number of primary amides is 1. The molecule has 6 heteroatoms. The van der Waals surface area contributed by atoms with Crippen molar-refractivity contribution >= 4 is 12.1 Å². The Hall–Kier alpha value is -1.30. The number of carboxylic acid groups (broad SMARTS) is 1. The van der Waals surface area contributed by atoms with Gasteiger partial charge in [0.15, 0.2) is 0 Å². The fourth-order valence-electron chi connectivity index (χ4n) is 2.04. The van der Waals surface area contributed by atoms with Crippen LogP contribution in [0.2, 0.25) is 0 Å². The van der Waals surface area contributed by atoms with Crippen LogP contribution in [0, 0.1) is 5.92 Å². The third-order valence-electron chi connectivity index (χ3n) is 3.07. The Bertz CT molecular complexity index is 288. The molecule has 98 valence electrons. The van der Waals surface area contributed by atoms with Gasteiger partial charge in [0, 0.05) is 13.0 Å². The average Bonchev–Trinajstić information content (AvgIpc) is 2.97. The number of nitrogens with two attached hydrogens (primary N) is 1. The van der Waals surface area contributed by atoms with Gasteiger partial charge in [-0.3, -0.25) is 4.79 Å². The summed E-state index contributed by atoms with van der Waals surface area (Å²) in [6.45, 7) is 0.762. The van der Waals surface area contributed by atoms with E-state index in [1.807, 2.05) is 0 Å². The first-order chi connectivity index (χ1) is 7.97. The van der Waals surface area contributed by atoms with Gasteiger partial charge in [-0.25, -0.2) is 4.79 Å². The van der Waals surface area contributed by atoms with Crippen molar-refractivity contribution in [3.63, 3.8) is 0 Å². The summed E-state index contributed by atoms with van der Waals surface area (Å²) in [6, 6.07) is 0. The molecule has 1 spiro atoms. The van der Waals surface area contributed by atoms with Crippen LogP contribution in [-0.4, -0.2) is 36.5 Å². The molecule has 0 aromatic rings. The van der Waals surface area contributed by atoms with Gasteiger partial charge >= 0.3 is 12.1 Å². The van der Waals surface area contributed by atoms with Gasteiger partial charge in [0.2, 0.25) is 0 Å². The molecule has 0 radical (unpaired) electrons. The molecular weight excluding hydrogens is 226 g/mol. The van der Waals surface area contributed by atoms with E-state index in [0.29, 0.717) is 12.3 Å². The van der Waals surface area contributed by atoms with Crippen LogP contribution in [0.4, 0.5) is 4.79 Å². The predicted molar refractivity (Wildman–Crippen MR) is 59.5 cm³/mol. The van der Waals surface area contributed by atoms with Gasteiger partial charge in [0.1, 0.15) is 0 Å². The maximum Gasteiger partial charge on any atom is 0.404 e. The van der Waals surface area contributed by atoms with E-state index in [9.17, 15) is 9.59 Å². The van der Waals surface area contributed by atoms with Crippen LogP contribution in [0.1, 0.15) is 32.1 Å². The number of methoxy groups -OCH3 is 1. The molecule has 2 aliphatic rings. The van der Waals surface area contributed by atoms with Gasteiger partial charge in [0.25, 0.3) is 0 Å². The Morgan fingerprint density at radius 3 is 2.53 bits per heavy atom. The molecule has 1 aliphatic heterocycles. The average molecular weight is 245 g/mol. The molecule has 0 aromatic carbocycles. The summed E-state index contributed by atoms with van der Waals surface area (Å²) < 4.78 is 9.48. The smallest absolute Gasteiger partial charge is 0.404 e. The lowest BCUT2D eigenvalue weighted by Crippen LogP contribution is -2.28. The Labute approximate surface area is 100 Å². The molecular formula is C11H19NO5. The molecule has 1 saturated carbocycles. The largest absolute Gasteiger partial charge is 0.481 e. The van der Waals surface area contributed by atoms with E-state index in [4.69, 9.17) is 9.84 Å². The van der Waals surface area contributed by atoms with Crippen molar-refractivity contribution in [1.29, 1.82) is 0 Å². The second-order valence-electron chi connectivity index (χ2n) is 4.51. The Morgan fingerprint density at radius 1 is 1.53 bits per heavy atom. The van der Waals surface area contributed by atoms with E-state index >= 15 is 0 Å². The van der Waals surface area contributed by atoms with Gasteiger partial charge in [-0.2, -0.15) is 0 Å². The second kappa shape index (κ2) is 5.86. The third kappa shape index (κ3) is 5.04. The molecule has 1 unspecified atom stereocenters. The minimum Gasteiger partial charge on any atom is -0.481 e. The van der Waals surface area contributed by atoms with Crippen LogP contribution < -0.4 is 5.73 Å². The molecule has 17 heavy (non-hydrogen) atoms. The monoisotopic (exact) mass is 245 g/mol. The van der Waals surface area contributed by atoms with Crippen molar-refractivity contribution in [2.24, 2.45) is 11.7 Å². The maximum absolute atomic E-state index is 10.5. The van der Waals surface area contributed by atoms with Crippen LogP contribution in [0.15, 0.2) is 0 Å². The molecule has 1 atom stereocenters. The molecule has 1 heterocycles. The lowest BCUT2D eigenvalue weighted by molar-refractivity contribution is -0.139. The maximum atomic E-state index is 10.5. The normalized spacial score (nSPS) is 24.4. The molecule has 1 saturated heterocycles. The number of carbonyl (C=O) groups excluding carboxylic acids is 1. The Kier molecular flexibility index (Phi) is 4.74. The van der Waals surface area contributed by atoms with Gasteiger partial charge < -0.3 is 20.3 Å². The van der Waals surface area contributed by atoms with Crippen molar-refractivity contribution in [2.75, 3.05) is 13.7 Å². The van der Waals surface area contributed by atoms with Crippen molar-refractivity contribution in [2.45, 2.75) is 37.7 Å². The highest BCUT2D eigenvalue weighted by molar-refractivity contribution is 5.67. The van der Waals surface area contributed by atoms with Crippen LogP contribution >= 0.6 is 0 Å². The zero-order chi connectivity index (χ0) is 12.9. The fourth-order valence-corrected chi connectivity index (χ4v) is 2.04. The molecule has 3 N–H and O–H groups in total. The highest BCUT2D eigenvalue weighted by atomic mass is 16.5. The molecule has 0 bridgehead atoms. The quantitative estimate of drug-likeness (QED) is 0.759. The van der Waals surface area contributed by atoms with Gasteiger partial charge in [-0.1, -0.05) is 0 Å². The number of amides is 1. The van der Waals surface area contributed by atoms with Crippen LogP contribution in [0.25, 0.3) is 0 Å². The first-order valence-corrected chi connectivity index (χ1v) is 5.66. The number of carboxylic acids is 1. The van der Waals surface area contributed by atoms with E-state index in [1.54, 1.807) is 0 Å². The Morgan fingerprint density at radius 2 is 2.12 bits per heavy atom. The minimum atomic E-state index is -0.745. The summed E-state index contributed by atoms with van der Waals surface area (Å²) in [5.74, 6) is -0.309.